The molecule has 0 bridgehead atoms. The molecule has 1 N–H and O–H groups in total. The summed E-state index contributed by atoms with van der Waals surface area (Å²) in [6, 6.07) is 24.3. The predicted octanol–water partition coefficient (Wildman–Crippen LogP) is 5.09. The number of halogens is 1. The Bertz CT molecular complexity index is 999. The summed E-state index contributed by atoms with van der Waals surface area (Å²) in [5.41, 5.74) is 6.75. The standard InChI is InChI=1S/C23H19ClN2O2/c1-28-20-13-9-17(10-14-20)22-15-21(16-5-3-2-4-6-16)25-26(22)23(27)18-7-11-19(24)12-8-18/h2-15,22,25H,1H3. The third-order valence-electron chi connectivity index (χ3n) is 4.70. The van der Waals surface area contributed by atoms with E-state index in [1.165, 1.54) is 0 Å². The molecule has 1 atom stereocenters. The Morgan fingerprint density at radius 1 is 0.964 bits per heavy atom. The zero-order valence-corrected chi connectivity index (χ0v) is 16.1. The van der Waals surface area contributed by atoms with Gasteiger partial charge >= 0.3 is 0 Å². The number of methoxy groups -OCH3 is 1. The van der Waals surface area contributed by atoms with Crippen molar-refractivity contribution in [2.24, 2.45) is 0 Å². The van der Waals surface area contributed by atoms with Crippen LogP contribution in [0.4, 0.5) is 0 Å². The molecule has 1 aliphatic heterocycles. The van der Waals surface area contributed by atoms with Gasteiger partial charge in [0.15, 0.2) is 0 Å². The number of carbonyl (C=O) groups is 1. The van der Waals surface area contributed by atoms with Crippen LogP contribution in [-0.2, 0) is 0 Å². The van der Waals surface area contributed by atoms with E-state index >= 15 is 0 Å². The van der Waals surface area contributed by atoms with E-state index in [0.29, 0.717) is 10.6 Å². The van der Waals surface area contributed by atoms with Gasteiger partial charge in [0.25, 0.3) is 5.91 Å². The fraction of sp³-hybridized carbons (Fsp3) is 0.0870. The summed E-state index contributed by atoms with van der Waals surface area (Å²) in [7, 11) is 1.63. The maximum absolute atomic E-state index is 13.2. The Morgan fingerprint density at radius 3 is 2.29 bits per heavy atom. The van der Waals surface area contributed by atoms with E-state index < -0.39 is 0 Å². The minimum atomic E-state index is -0.246. The first-order chi connectivity index (χ1) is 13.7. The quantitative estimate of drug-likeness (QED) is 0.674. The van der Waals surface area contributed by atoms with Gasteiger partial charge in [-0.25, -0.2) is 5.01 Å². The number of hydrogen-bond donors (Lipinski definition) is 1. The van der Waals surface area contributed by atoms with Gasteiger partial charge in [-0.1, -0.05) is 54.1 Å². The molecule has 1 unspecified atom stereocenters. The average molecular weight is 391 g/mol. The SMILES string of the molecule is COc1ccc(C2C=C(c3ccccc3)NN2C(=O)c2ccc(Cl)cc2)cc1. The number of amides is 1. The van der Waals surface area contributed by atoms with E-state index in [9.17, 15) is 4.79 Å². The van der Waals surface area contributed by atoms with Crippen LogP contribution in [0.5, 0.6) is 5.75 Å². The molecular formula is C23H19ClN2O2. The molecule has 0 fully saturated rings. The van der Waals surface area contributed by atoms with Gasteiger partial charge in [0.2, 0.25) is 0 Å². The Hall–Kier alpha value is -3.24. The van der Waals surface area contributed by atoms with E-state index in [1.54, 1.807) is 36.4 Å². The molecule has 0 spiro atoms. The van der Waals surface area contributed by atoms with E-state index in [-0.39, 0.29) is 11.9 Å². The van der Waals surface area contributed by atoms with Crippen LogP contribution in [0, 0.1) is 0 Å². The molecule has 3 aromatic rings. The second kappa shape index (κ2) is 7.79. The van der Waals surface area contributed by atoms with Gasteiger partial charge in [0.1, 0.15) is 5.75 Å². The Balaban J connectivity index is 1.70. The first-order valence-electron chi connectivity index (χ1n) is 8.92. The molecule has 5 heteroatoms. The average Bonchev–Trinajstić information content (AvgIpc) is 3.20. The first kappa shape index (κ1) is 18.1. The van der Waals surface area contributed by atoms with Crippen molar-refractivity contribution in [2.45, 2.75) is 6.04 Å². The van der Waals surface area contributed by atoms with Gasteiger partial charge < -0.3 is 4.74 Å². The van der Waals surface area contributed by atoms with Crippen LogP contribution in [0.2, 0.25) is 5.02 Å². The Labute approximate surface area is 169 Å². The lowest BCUT2D eigenvalue weighted by Crippen LogP contribution is -2.39. The molecule has 0 saturated carbocycles. The van der Waals surface area contributed by atoms with Gasteiger partial charge in [-0.3, -0.25) is 10.2 Å². The van der Waals surface area contributed by atoms with Crippen LogP contribution in [0.3, 0.4) is 0 Å². The summed E-state index contributed by atoms with van der Waals surface area (Å²) in [4.78, 5) is 13.2. The number of hydrogen-bond acceptors (Lipinski definition) is 3. The second-order valence-corrected chi connectivity index (χ2v) is 6.89. The van der Waals surface area contributed by atoms with Crippen molar-refractivity contribution in [1.29, 1.82) is 0 Å². The number of ether oxygens (including phenoxy) is 1. The smallest absolute Gasteiger partial charge is 0.273 e. The molecule has 0 aromatic heterocycles. The maximum atomic E-state index is 13.2. The second-order valence-electron chi connectivity index (χ2n) is 6.46. The van der Waals surface area contributed by atoms with Crippen LogP contribution < -0.4 is 10.2 Å². The molecule has 4 nitrogen and oxygen atoms in total. The minimum absolute atomic E-state index is 0.125. The van der Waals surface area contributed by atoms with Crippen molar-refractivity contribution in [3.8, 4) is 5.75 Å². The molecule has 3 aromatic carbocycles. The van der Waals surface area contributed by atoms with Crippen LogP contribution in [0.25, 0.3) is 5.70 Å². The third kappa shape index (κ3) is 3.59. The van der Waals surface area contributed by atoms with Gasteiger partial charge in [0.05, 0.1) is 18.8 Å². The number of hydrazine groups is 1. The fourth-order valence-electron chi connectivity index (χ4n) is 3.20. The summed E-state index contributed by atoms with van der Waals surface area (Å²) >= 11 is 5.97. The van der Waals surface area contributed by atoms with E-state index in [4.69, 9.17) is 16.3 Å². The number of benzene rings is 3. The normalized spacial score (nSPS) is 15.7. The van der Waals surface area contributed by atoms with E-state index in [2.05, 4.69) is 11.5 Å². The van der Waals surface area contributed by atoms with Crippen molar-refractivity contribution < 1.29 is 9.53 Å². The van der Waals surface area contributed by atoms with Crippen LogP contribution in [0.15, 0.2) is 84.9 Å². The highest BCUT2D eigenvalue weighted by molar-refractivity contribution is 6.30. The highest BCUT2D eigenvalue weighted by atomic mass is 35.5. The molecule has 0 radical (unpaired) electrons. The largest absolute Gasteiger partial charge is 0.497 e. The predicted molar refractivity (Wildman–Crippen MR) is 111 cm³/mol. The van der Waals surface area contributed by atoms with Crippen LogP contribution in [-0.4, -0.2) is 18.0 Å². The molecule has 0 aliphatic carbocycles. The van der Waals surface area contributed by atoms with Gasteiger partial charge in [-0.05, 0) is 53.6 Å². The van der Waals surface area contributed by atoms with Crippen LogP contribution in [0.1, 0.15) is 27.5 Å². The number of carbonyl (C=O) groups excluding carboxylic acids is 1. The molecule has 140 valence electrons. The summed E-state index contributed by atoms with van der Waals surface area (Å²) < 4.78 is 5.25. The van der Waals surface area contributed by atoms with Crippen molar-refractivity contribution in [3.05, 3.63) is 107 Å². The summed E-state index contributed by atoms with van der Waals surface area (Å²) in [6.45, 7) is 0. The summed E-state index contributed by atoms with van der Waals surface area (Å²) in [5.74, 6) is 0.650. The summed E-state index contributed by atoms with van der Waals surface area (Å²) in [5, 5.41) is 2.24. The van der Waals surface area contributed by atoms with E-state index in [0.717, 1.165) is 22.6 Å². The van der Waals surface area contributed by atoms with Gasteiger partial charge in [-0.2, -0.15) is 0 Å². The molecule has 28 heavy (non-hydrogen) atoms. The summed E-state index contributed by atoms with van der Waals surface area (Å²) in [6.07, 6.45) is 2.06. The Morgan fingerprint density at radius 2 is 1.64 bits per heavy atom. The fourth-order valence-corrected chi connectivity index (χ4v) is 3.33. The van der Waals surface area contributed by atoms with Crippen molar-refractivity contribution >= 4 is 23.2 Å². The lowest BCUT2D eigenvalue weighted by atomic mass is 10.0. The molecule has 1 aliphatic rings. The highest BCUT2D eigenvalue weighted by Gasteiger charge is 2.31. The number of nitrogens with one attached hydrogen (secondary N) is 1. The number of rotatable bonds is 4. The topological polar surface area (TPSA) is 41.6 Å². The lowest BCUT2D eigenvalue weighted by Gasteiger charge is -2.25. The minimum Gasteiger partial charge on any atom is -0.497 e. The molecule has 0 saturated heterocycles. The molecular weight excluding hydrogens is 372 g/mol. The number of nitrogens with zero attached hydrogens (tertiary/aromatic N) is 1. The monoisotopic (exact) mass is 390 g/mol. The lowest BCUT2D eigenvalue weighted by molar-refractivity contribution is 0.0672. The zero-order valence-electron chi connectivity index (χ0n) is 15.3. The molecule has 1 amide bonds. The third-order valence-corrected chi connectivity index (χ3v) is 4.95. The van der Waals surface area contributed by atoms with E-state index in [1.807, 2.05) is 54.6 Å². The Kier molecular flexibility index (Phi) is 5.04. The molecule has 1 heterocycles. The van der Waals surface area contributed by atoms with Crippen molar-refractivity contribution in [3.63, 3.8) is 0 Å². The molecule has 4 rings (SSSR count). The zero-order chi connectivity index (χ0) is 19.5. The van der Waals surface area contributed by atoms with Crippen LogP contribution >= 0.6 is 11.6 Å². The van der Waals surface area contributed by atoms with Gasteiger partial charge in [-0.15, -0.1) is 0 Å². The van der Waals surface area contributed by atoms with Gasteiger partial charge in [0, 0.05) is 10.6 Å². The van der Waals surface area contributed by atoms with Crippen molar-refractivity contribution in [2.75, 3.05) is 7.11 Å². The van der Waals surface area contributed by atoms with Crippen molar-refractivity contribution in [1.82, 2.24) is 10.4 Å². The maximum Gasteiger partial charge on any atom is 0.273 e. The highest BCUT2D eigenvalue weighted by Crippen LogP contribution is 2.33. The first-order valence-corrected chi connectivity index (χ1v) is 9.30.